The molecular weight excluding hydrogens is 649 g/mol. The summed E-state index contributed by atoms with van der Waals surface area (Å²) in [7, 11) is 7.64. The standard InChI is InChI=1S/C43H35N6O3/c1-23(50)46-33-20-36(48(4)5)29-16-25-12-8-10-14-27(25)18-31(29)38(33)41-40(35(22-44)45-3)42(43(41)52)39-32-19-28-15-11-9-13-26(28)17-30(32)37(49(6)7)21-34(39)47-24(2)51/h8-21,41H,1-2,4-7H3,(H,46,50)(H,47,51)/q-1. The van der Waals surface area contributed by atoms with E-state index in [2.05, 4.69) is 33.5 Å². The molecule has 1 atom stereocenters. The minimum Gasteiger partial charge on any atom is -0.775 e. The van der Waals surface area contributed by atoms with Crippen molar-refractivity contribution in [2.24, 2.45) is 0 Å². The van der Waals surface area contributed by atoms with Gasteiger partial charge in [-0.15, -0.1) is 0 Å². The summed E-state index contributed by atoms with van der Waals surface area (Å²) in [6, 6.07) is 27.6. The Morgan fingerprint density at radius 1 is 0.712 bits per heavy atom. The number of amides is 2. The number of nitrogens with one attached hydrogen (secondary N) is 2. The molecule has 9 heteroatoms. The predicted molar refractivity (Wildman–Crippen MR) is 213 cm³/mol. The largest absolute Gasteiger partial charge is 0.775 e. The molecule has 9 nitrogen and oxygen atoms in total. The number of nitrogens with zero attached hydrogens (tertiary/aromatic N) is 4. The molecule has 256 valence electrons. The molecule has 6 aromatic rings. The zero-order valence-corrected chi connectivity index (χ0v) is 29.7. The highest BCUT2D eigenvalue weighted by molar-refractivity contribution is 6.39. The van der Waals surface area contributed by atoms with Crippen LogP contribution in [0.3, 0.4) is 0 Å². The molecule has 0 bridgehead atoms. The molecule has 0 aliphatic heterocycles. The molecule has 0 saturated carbocycles. The fourth-order valence-electron chi connectivity index (χ4n) is 7.51. The molecule has 0 fully saturated rings. The molecule has 1 aliphatic rings. The van der Waals surface area contributed by atoms with Gasteiger partial charge < -0.3 is 25.8 Å². The second kappa shape index (κ2) is 12.9. The van der Waals surface area contributed by atoms with Gasteiger partial charge in [0.15, 0.2) is 5.78 Å². The summed E-state index contributed by atoms with van der Waals surface area (Å²) < 4.78 is 0. The van der Waals surface area contributed by atoms with Crippen LogP contribution in [0.15, 0.2) is 96.2 Å². The lowest BCUT2D eigenvalue weighted by molar-refractivity contribution is -0.116. The first-order chi connectivity index (χ1) is 24.9. The minimum atomic E-state index is -1.06. The molecule has 0 heterocycles. The van der Waals surface area contributed by atoms with Crippen molar-refractivity contribution in [3.8, 4) is 0 Å². The van der Waals surface area contributed by atoms with Crippen molar-refractivity contribution < 1.29 is 14.4 Å². The van der Waals surface area contributed by atoms with Gasteiger partial charge in [0.2, 0.25) is 17.5 Å². The van der Waals surface area contributed by atoms with Gasteiger partial charge in [0.05, 0.1) is 18.2 Å². The Hall–Kier alpha value is -6.75. The molecular formula is C43H35N6O3-. The maximum atomic E-state index is 15.1. The van der Waals surface area contributed by atoms with Crippen molar-refractivity contribution in [3.05, 3.63) is 124 Å². The lowest BCUT2D eigenvalue weighted by atomic mass is 9.66. The van der Waals surface area contributed by atoms with E-state index in [-0.39, 0.29) is 34.4 Å². The Labute approximate surface area is 301 Å². The quantitative estimate of drug-likeness (QED) is 0.0997. The third kappa shape index (κ3) is 5.43. The third-order valence-electron chi connectivity index (χ3n) is 9.67. The van der Waals surface area contributed by atoms with Gasteiger partial charge in [0, 0.05) is 81.0 Å². The van der Waals surface area contributed by atoms with Crippen LogP contribution in [0.25, 0.3) is 58.9 Å². The molecule has 0 aromatic heterocycles. The van der Waals surface area contributed by atoms with Gasteiger partial charge in [-0.2, -0.15) is 0 Å². The van der Waals surface area contributed by atoms with Crippen LogP contribution in [-0.2, 0) is 14.4 Å². The second-order valence-electron chi connectivity index (χ2n) is 13.5. The summed E-state index contributed by atoms with van der Waals surface area (Å²) in [6.07, 6.45) is 0. The van der Waals surface area contributed by atoms with Crippen LogP contribution in [0.2, 0.25) is 0 Å². The van der Waals surface area contributed by atoms with Gasteiger partial charge in [0.25, 0.3) is 0 Å². The first kappa shape index (κ1) is 33.7. The minimum absolute atomic E-state index is 0.186. The first-order valence-electron chi connectivity index (χ1n) is 16.8. The summed E-state index contributed by atoms with van der Waals surface area (Å²) in [5, 5.41) is 23.3. The Morgan fingerprint density at radius 3 is 1.62 bits per heavy atom. The highest BCUT2D eigenvalue weighted by atomic mass is 16.2. The maximum Gasteiger partial charge on any atom is 0.221 e. The van der Waals surface area contributed by atoms with Crippen LogP contribution < -0.4 is 20.4 Å². The Balaban J connectivity index is 1.64. The molecule has 6 aromatic carbocycles. The number of ketones is 1. The van der Waals surface area contributed by atoms with Crippen molar-refractivity contribution >= 4 is 94.9 Å². The molecule has 7 rings (SSSR count). The SMILES string of the molecule is [C-]#[N+]C(=C=[N-])C1=C(c2c(NC(C)=O)cc(N(C)C)c3cc4ccccc4cc23)C(=O)C1c1c(NC(C)=O)cc(N(C)C)c2cc3ccccc3cc12. The predicted octanol–water partition coefficient (Wildman–Crippen LogP) is 8.51. The van der Waals surface area contributed by atoms with Crippen LogP contribution in [0.1, 0.15) is 30.9 Å². The molecule has 0 radical (unpaired) electrons. The number of allylic oxidation sites excluding steroid dienone is 2. The van der Waals surface area contributed by atoms with E-state index in [4.69, 9.17) is 6.57 Å². The smallest absolute Gasteiger partial charge is 0.221 e. The summed E-state index contributed by atoms with van der Waals surface area (Å²) in [5.74, 6) is 0.0128. The molecule has 1 unspecified atom stereocenters. The van der Waals surface area contributed by atoms with Gasteiger partial charge in [-0.05, 0) is 79.9 Å². The van der Waals surface area contributed by atoms with Gasteiger partial charge in [0.1, 0.15) is 0 Å². The van der Waals surface area contributed by atoms with E-state index >= 15 is 4.79 Å². The van der Waals surface area contributed by atoms with Crippen LogP contribution in [-0.4, -0.2) is 51.7 Å². The monoisotopic (exact) mass is 683 g/mol. The Kier molecular flexibility index (Phi) is 8.34. The van der Waals surface area contributed by atoms with Crippen LogP contribution in [0, 0.1) is 6.57 Å². The Bertz CT molecular complexity index is 2690. The van der Waals surface area contributed by atoms with Gasteiger partial charge >= 0.3 is 0 Å². The molecule has 0 saturated heterocycles. The molecule has 1 aliphatic carbocycles. The van der Waals surface area contributed by atoms with Crippen molar-refractivity contribution in [2.75, 3.05) is 48.6 Å². The average Bonchev–Trinajstić information content (AvgIpc) is 3.11. The summed E-state index contributed by atoms with van der Waals surface area (Å²) >= 11 is 0. The lowest BCUT2D eigenvalue weighted by Gasteiger charge is -2.36. The highest BCUT2D eigenvalue weighted by Gasteiger charge is 2.46. The number of hydrogen-bond acceptors (Lipinski definition) is 5. The fourth-order valence-corrected chi connectivity index (χ4v) is 7.51. The van der Waals surface area contributed by atoms with Crippen molar-refractivity contribution in [1.82, 2.24) is 0 Å². The number of Topliss-reactive ketones (excluding diaryl/α,β-unsaturated/α-hetero) is 1. The van der Waals surface area contributed by atoms with E-state index in [0.29, 0.717) is 33.3 Å². The molecule has 52 heavy (non-hydrogen) atoms. The van der Waals surface area contributed by atoms with E-state index < -0.39 is 5.92 Å². The van der Waals surface area contributed by atoms with Gasteiger partial charge in [-0.3, -0.25) is 20.3 Å². The number of anilines is 4. The van der Waals surface area contributed by atoms with Gasteiger partial charge in [-0.1, -0.05) is 48.5 Å². The first-order valence-corrected chi connectivity index (χ1v) is 16.8. The van der Waals surface area contributed by atoms with Crippen LogP contribution >= 0.6 is 0 Å². The van der Waals surface area contributed by atoms with E-state index in [1.54, 1.807) is 0 Å². The summed E-state index contributed by atoms with van der Waals surface area (Å²) in [4.78, 5) is 48.1. The third-order valence-corrected chi connectivity index (χ3v) is 9.67. The lowest BCUT2D eigenvalue weighted by Crippen LogP contribution is -2.31. The Morgan fingerprint density at radius 2 is 1.15 bits per heavy atom. The maximum absolute atomic E-state index is 15.1. The summed E-state index contributed by atoms with van der Waals surface area (Å²) in [5.41, 5.74) is 3.59. The van der Waals surface area contributed by atoms with E-state index in [9.17, 15) is 15.0 Å². The molecule has 2 N–H and O–H groups in total. The summed E-state index contributed by atoms with van der Waals surface area (Å²) in [6.45, 7) is 10.9. The van der Waals surface area contributed by atoms with E-state index in [1.165, 1.54) is 13.8 Å². The van der Waals surface area contributed by atoms with Crippen LogP contribution in [0.5, 0.6) is 0 Å². The van der Waals surface area contributed by atoms with E-state index in [0.717, 1.165) is 43.7 Å². The number of rotatable bonds is 7. The molecule has 2 amide bonds. The number of carbonyl (C=O) groups excluding carboxylic acids is 3. The van der Waals surface area contributed by atoms with E-state index in [1.807, 2.05) is 111 Å². The highest BCUT2D eigenvalue weighted by Crippen LogP contribution is 2.55. The topological polar surface area (TPSA) is 108 Å². The second-order valence-corrected chi connectivity index (χ2v) is 13.5. The number of benzene rings is 6. The van der Waals surface area contributed by atoms with Gasteiger partial charge in [-0.25, -0.2) is 4.85 Å². The average molecular weight is 684 g/mol. The number of fused-ring (bicyclic) bond motifs is 4. The van der Waals surface area contributed by atoms with Crippen LogP contribution in [0.4, 0.5) is 22.7 Å². The van der Waals surface area contributed by atoms with Crippen molar-refractivity contribution in [3.63, 3.8) is 0 Å². The normalized spacial score (nSPS) is 13.9. The molecule has 0 spiro atoms. The zero-order valence-electron chi connectivity index (χ0n) is 29.7. The number of hydrogen-bond donors (Lipinski definition) is 2. The van der Waals surface area contributed by atoms with Crippen molar-refractivity contribution in [2.45, 2.75) is 19.8 Å². The van der Waals surface area contributed by atoms with Crippen molar-refractivity contribution in [1.29, 1.82) is 0 Å². The fraction of sp³-hybridized carbons (Fsp3) is 0.163. The zero-order chi connectivity index (χ0) is 37.0. The number of carbonyl (C=O) groups is 3.